The third-order valence-corrected chi connectivity index (χ3v) is 7.59. The Hall–Kier alpha value is -5.22. The number of nitrogens with one attached hydrogen (secondary N) is 1. The van der Waals surface area contributed by atoms with Gasteiger partial charge in [0.15, 0.2) is 0 Å². The van der Waals surface area contributed by atoms with E-state index in [2.05, 4.69) is 20.8 Å². The zero-order valence-corrected chi connectivity index (χ0v) is 23.4. The Morgan fingerprint density at radius 2 is 1.63 bits per heavy atom. The third-order valence-electron chi connectivity index (χ3n) is 6.22. The molecule has 12 nitrogen and oxygen atoms in total. The Labute approximate surface area is 236 Å². The quantitative estimate of drug-likeness (QED) is 0.397. The van der Waals surface area contributed by atoms with E-state index in [4.69, 9.17) is 15.2 Å². The molecule has 0 radical (unpaired) electrons. The number of sulfonamides is 1. The van der Waals surface area contributed by atoms with Gasteiger partial charge in [-0.05, 0) is 43.7 Å². The highest BCUT2D eigenvalue weighted by atomic mass is 32.2. The van der Waals surface area contributed by atoms with Gasteiger partial charge in [-0.15, -0.1) is 0 Å². The minimum absolute atomic E-state index is 0.0166. The van der Waals surface area contributed by atoms with Crippen LogP contribution < -0.4 is 15.4 Å². The number of ether oxygens (including phenoxy) is 2. The van der Waals surface area contributed by atoms with Gasteiger partial charge >= 0.3 is 11.9 Å². The highest BCUT2D eigenvalue weighted by Crippen LogP contribution is 2.43. The molecule has 210 valence electrons. The number of carbonyl (C=O) groups excluding carboxylic acids is 2. The molecule has 13 heteroatoms. The van der Waals surface area contributed by atoms with Gasteiger partial charge in [-0.25, -0.2) is 28.0 Å². The first kappa shape index (κ1) is 28.8. The van der Waals surface area contributed by atoms with Gasteiger partial charge in [-0.2, -0.15) is 5.26 Å². The first-order chi connectivity index (χ1) is 19.5. The summed E-state index contributed by atoms with van der Waals surface area (Å²) in [5.41, 5.74) is 7.33. The van der Waals surface area contributed by atoms with Crippen molar-refractivity contribution < 1.29 is 27.5 Å². The van der Waals surface area contributed by atoms with E-state index in [1.165, 1.54) is 35.2 Å². The SMILES string of the molecule is COC(=O)C1=C(C(=O)OC)N(c2ccc(S(=O)(=O)Nc3cc(C)nc(C)n3)cc2)C(N)=C(C#N)C1c1ccccc1. The van der Waals surface area contributed by atoms with E-state index in [0.717, 1.165) is 14.2 Å². The van der Waals surface area contributed by atoms with E-state index < -0.39 is 27.9 Å². The van der Waals surface area contributed by atoms with Crippen LogP contribution in [-0.2, 0) is 29.1 Å². The van der Waals surface area contributed by atoms with E-state index in [9.17, 15) is 23.3 Å². The van der Waals surface area contributed by atoms with E-state index in [1.54, 1.807) is 44.2 Å². The average Bonchev–Trinajstić information content (AvgIpc) is 2.95. The molecule has 0 amide bonds. The van der Waals surface area contributed by atoms with Gasteiger partial charge in [-0.1, -0.05) is 30.3 Å². The molecule has 1 aliphatic rings. The Kier molecular flexibility index (Phi) is 8.06. The topological polar surface area (TPSA) is 178 Å². The predicted molar refractivity (Wildman–Crippen MR) is 148 cm³/mol. The summed E-state index contributed by atoms with van der Waals surface area (Å²) in [7, 11) is -1.78. The van der Waals surface area contributed by atoms with Gasteiger partial charge in [0.25, 0.3) is 10.0 Å². The summed E-state index contributed by atoms with van der Waals surface area (Å²) >= 11 is 0. The lowest BCUT2D eigenvalue weighted by Gasteiger charge is -2.35. The van der Waals surface area contributed by atoms with Crippen LogP contribution in [0.2, 0.25) is 0 Å². The van der Waals surface area contributed by atoms with Crippen LogP contribution in [0.5, 0.6) is 0 Å². The molecule has 0 fully saturated rings. The molecule has 0 saturated carbocycles. The van der Waals surface area contributed by atoms with Gasteiger partial charge in [0.1, 0.15) is 23.2 Å². The molecule has 1 atom stereocenters. The van der Waals surface area contributed by atoms with Crippen LogP contribution in [-0.4, -0.2) is 44.5 Å². The van der Waals surface area contributed by atoms with Crippen molar-refractivity contribution >= 4 is 33.5 Å². The lowest BCUT2D eigenvalue weighted by Crippen LogP contribution is -2.40. The molecule has 1 aromatic heterocycles. The fraction of sp³-hybridized carbons (Fsp3) is 0.179. The molecule has 0 bridgehead atoms. The lowest BCUT2D eigenvalue weighted by molar-refractivity contribution is -0.139. The molecule has 0 saturated heterocycles. The first-order valence-corrected chi connectivity index (χ1v) is 13.6. The predicted octanol–water partition coefficient (Wildman–Crippen LogP) is 2.79. The maximum absolute atomic E-state index is 13.2. The number of aromatic nitrogens is 2. The van der Waals surface area contributed by atoms with Crippen molar-refractivity contribution in [2.45, 2.75) is 24.7 Å². The van der Waals surface area contributed by atoms with Gasteiger partial charge in [-0.3, -0.25) is 9.62 Å². The van der Waals surface area contributed by atoms with E-state index in [-0.39, 0.29) is 39.1 Å². The summed E-state index contributed by atoms with van der Waals surface area (Å²) in [6.45, 7) is 3.35. The minimum atomic E-state index is -4.06. The Morgan fingerprint density at radius 1 is 1.00 bits per heavy atom. The number of anilines is 2. The second kappa shape index (κ2) is 11.5. The standard InChI is InChI=1S/C28H26N6O6S/c1-16-14-22(32-17(2)31-16)33-41(37,38)20-12-10-19(11-13-20)34-25(28(36)40-4)24(27(35)39-3)23(21(15-29)26(34)30)18-8-6-5-7-9-18/h5-14,23H,30H2,1-4H3,(H,31,32,33). The van der Waals surface area contributed by atoms with Gasteiger partial charge in [0, 0.05) is 17.4 Å². The van der Waals surface area contributed by atoms with E-state index >= 15 is 0 Å². The number of hydrogen-bond donors (Lipinski definition) is 2. The minimum Gasteiger partial charge on any atom is -0.466 e. The van der Waals surface area contributed by atoms with E-state index in [1.807, 2.05) is 0 Å². The number of carbonyl (C=O) groups is 2. The van der Waals surface area contributed by atoms with Gasteiger partial charge < -0.3 is 15.2 Å². The van der Waals surface area contributed by atoms with Crippen molar-refractivity contribution in [1.82, 2.24) is 9.97 Å². The number of methoxy groups -OCH3 is 2. The summed E-state index contributed by atoms with van der Waals surface area (Å²) in [5.74, 6) is -2.46. The second-order valence-electron chi connectivity index (χ2n) is 8.88. The highest BCUT2D eigenvalue weighted by molar-refractivity contribution is 7.92. The average molecular weight is 575 g/mol. The molecule has 3 aromatic rings. The largest absolute Gasteiger partial charge is 0.466 e. The lowest BCUT2D eigenvalue weighted by atomic mass is 9.81. The second-order valence-corrected chi connectivity index (χ2v) is 10.6. The van der Waals surface area contributed by atoms with Crippen molar-refractivity contribution in [2.75, 3.05) is 23.8 Å². The Balaban J connectivity index is 1.85. The summed E-state index contributed by atoms with van der Waals surface area (Å²) in [5, 5.41) is 10.1. The van der Waals surface area contributed by atoms with Crippen LogP contribution in [0.4, 0.5) is 11.5 Å². The molecule has 1 aliphatic heterocycles. The Bertz CT molecular complexity index is 1710. The van der Waals surface area contributed by atoms with E-state index in [0.29, 0.717) is 17.1 Å². The number of benzene rings is 2. The number of allylic oxidation sites excluding steroid dienone is 1. The maximum atomic E-state index is 13.2. The molecule has 41 heavy (non-hydrogen) atoms. The van der Waals surface area contributed by atoms with Gasteiger partial charge in [0.2, 0.25) is 0 Å². The molecular formula is C28H26N6O6S. The number of hydrogen-bond acceptors (Lipinski definition) is 11. The molecule has 4 rings (SSSR count). The summed E-state index contributed by atoms with van der Waals surface area (Å²) < 4.78 is 38.6. The molecular weight excluding hydrogens is 548 g/mol. The smallest absolute Gasteiger partial charge is 0.355 e. The number of aryl methyl sites for hydroxylation is 2. The van der Waals surface area contributed by atoms with Crippen molar-refractivity contribution in [3.63, 3.8) is 0 Å². The summed E-state index contributed by atoms with van der Waals surface area (Å²) in [6, 6.07) is 17.5. The molecule has 0 spiro atoms. The van der Waals surface area contributed by atoms with Crippen LogP contribution >= 0.6 is 0 Å². The van der Waals surface area contributed by atoms with Gasteiger partial charge in [0.05, 0.1) is 42.2 Å². The summed E-state index contributed by atoms with van der Waals surface area (Å²) in [4.78, 5) is 35.6. The van der Waals surface area contributed by atoms with Crippen LogP contribution in [0.1, 0.15) is 23.0 Å². The highest BCUT2D eigenvalue weighted by Gasteiger charge is 2.43. The molecule has 2 heterocycles. The van der Waals surface area contributed by atoms with Crippen molar-refractivity contribution in [2.24, 2.45) is 5.73 Å². The number of rotatable bonds is 7. The number of nitrogens with two attached hydrogens (primary N) is 1. The van der Waals surface area contributed by atoms with Crippen LogP contribution in [0.3, 0.4) is 0 Å². The Morgan fingerprint density at radius 3 is 2.20 bits per heavy atom. The summed E-state index contributed by atoms with van der Waals surface area (Å²) in [6.07, 6.45) is 0. The maximum Gasteiger partial charge on any atom is 0.355 e. The number of nitrogens with zero attached hydrogens (tertiary/aromatic N) is 4. The van der Waals surface area contributed by atoms with Crippen LogP contribution in [0, 0.1) is 25.2 Å². The fourth-order valence-corrected chi connectivity index (χ4v) is 5.51. The fourth-order valence-electron chi connectivity index (χ4n) is 4.52. The monoisotopic (exact) mass is 574 g/mol. The molecule has 2 aromatic carbocycles. The zero-order chi connectivity index (χ0) is 29.9. The van der Waals surface area contributed by atoms with Crippen LogP contribution in [0.15, 0.2) is 88.2 Å². The molecule has 3 N–H and O–H groups in total. The number of nitriles is 1. The normalized spacial score (nSPS) is 15.3. The number of esters is 2. The first-order valence-electron chi connectivity index (χ1n) is 12.1. The third kappa shape index (κ3) is 5.59. The van der Waals surface area contributed by atoms with Crippen LogP contribution in [0.25, 0.3) is 0 Å². The zero-order valence-electron chi connectivity index (χ0n) is 22.6. The van der Waals surface area contributed by atoms with Crippen molar-refractivity contribution in [1.29, 1.82) is 5.26 Å². The van der Waals surface area contributed by atoms with Crippen molar-refractivity contribution in [3.05, 3.63) is 100 Å². The van der Waals surface area contributed by atoms with Crippen molar-refractivity contribution in [3.8, 4) is 6.07 Å². The molecule has 0 aliphatic carbocycles. The molecule has 1 unspecified atom stereocenters.